The molecule has 0 saturated carbocycles. The molecule has 0 spiro atoms. The lowest BCUT2D eigenvalue weighted by atomic mass is 10.0. The van der Waals surface area contributed by atoms with Gasteiger partial charge in [-0.15, -0.1) is 0 Å². The molecule has 0 radical (unpaired) electrons. The molecule has 4 rings (SSSR count). The van der Waals surface area contributed by atoms with E-state index in [1.165, 1.54) is 22.3 Å². The van der Waals surface area contributed by atoms with Gasteiger partial charge in [0.15, 0.2) is 0 Å². The SMILES string of the molecule is CN(CC#Cc1ccc(-c2ccccc2)cc1)Cc1ccc2c(c1)CCO2. The van der Waals surface area contributed by atoms with Crippen molar-refractivity contribution >= 4 is 0 Å². The van der Waals surface area contributed by atoms with E-state index in [1.54, 1.807) is 0 Å². The lowest BCUT2D eigenvalue weighted by Crippen LogP contribution is -2.18. The molecule has 0 atom stereocenters. The van der Waals surface area contributed by atoms with Crippen LogP contribution in [0, 0.1) is 11.8 Å². The molecule has 1 aliphatic rings. The molecule has 0 aliphatic carbocycles. The topological polar surface area (TPSA) is 12.5 Å². The maximum absolute atomic E-state index is 5.57. The van der Waals surface area contributed by atoms with Gasteiger partial charge in [-0.2, -0.15) is 0 Å². The minimum Gasteiger partial charge on any atom is -0.493 e. The normalized spacial score (nSPS) is 12.2. The van der Waals surface area contributed by atoms with Gasteiger partial charge in [0.1, 0.15) is 5.75 Å². The van der Waals surface area contributed by atoms with Crippen LogP contribution in [0.5, 0.6) is 5.75 Å². The summed E-state index contributed by atoms with van der Waals surface area (Å²) in [5.74, 6) is 7.60. The summed E-state index contributed by atoms with van der Waals surface area (Å²) in [7, 11) is 2.11. The Morgan fingerprint density at radius 2 is 1.70 bits per heavy atom. The number of benzene rings is 3. The number of hydrogen-bond acceptors (Lipinski definition) is 2. The number of fused-ring (bicyclic) bond motifs is 1. The highest BCUT2D eigenvalue weighted by molar-refractivity contribution is 5.64. The zero-order valence-corrected chi connectivity index (χ0v) is 15.6. The van der Waals surface area contributed by atoms with Crippen LogP contribution in [-0.4, -0.2) is 25.1 Å². The fourth-order valence-corrected chi connectivity index (χ4v) is 3.36. The molecule has 2 nitrogen and oxygen atoms in total. The molecule has 0 aromatic heterocycles. The Morgan fingerprint density at radius 1 is 0.926 bits per heavy atom. The van der Waals surface area contributed by atoms with Crippen molar-refractivity contribution in [3.63, 3.8) is 0 Å². The van der Waals surface area contributed by atoms with Gasteiger partial charge in [-0.05, 0) is 47.5 Å². The van der Waals surface area contributed by atoms with Crippen LogP contribution in [0.2, 0.25) is 0 Å². The third-order valence-electron chi connectivity index (χ3n) is 4.78. The minimum atomic E-state index is 0.744. The van der Waals surface area contributed by atoms with Crippen LogP contribution >= 0.6 is 0 Å². The zero-order valence-electron chi connectivity index (χ0n) is 15.6. The van der Waals surface area contributed by atoms with Gasteiger partial charge in [-0.3, -0.25) is 4.90 Å². The van der Waals surface area contributed by atoms with Crippen LogP contribution in [-0.2, 0) is 13.0 Å². The summed E-state index contributed by atoms with van der Waals surface area (Å²) >= 11 is 0. The molecule has 0 saturated heterocycles. The molecule has 27 heavy (non-hydrogen) atoms. The molecule has 0 bridgehead atoms. The molecular formula is C25H23NO. The molecule has 3 aromatic rings. The van der Waals surface area contributed by atoms with E-state index in [2.05, 4.69) is 90.5 Å². The standard InChI is InChI=1S/C25H23NO/c1-26(19-21-11-14-25-24(18-21)15-17-27-25)16-5-6-20-9-12-23(13-10-20)22-7-3-2-4-8-22/h2-4,7-14,18H,15-17,19H2,1H3. The van der Waals surface area contributed by atoms with Crippen LogP contribution in [0.1, 0.15) is 16.7 Å². The van der Waals surface area contributed by atoms with Crippen LogP contribution in [0.3, 0.4) is 0 Å². The Hall–Kier alpha value is -3.02. The summed E-state index contributed by atoms with van der Waals surface area (Å²) in [5.41, 5.74) is 6.15. The molecular weight excluding hydrogens is 330 g/mol. The van der Waals surface area contributed by atoms with Crippen molar-refractivity contribution < 1.29 is 4.74 Å². The third-order valence-corrected chi connectivity index (χ3v) is 4.78. The lowest BCUT2D eigenvalue weighted by Gasteiger charge is -2.13. The second-order valence-electron chi connectivity index (χ2n) is 6.96. The van der Waals surface area contributed by atoms with Crippen molar-refractivity contribution in [1.29, 1.82) is 0 Å². The van der Waals surface area contributed by atoms with Crippen molar-refractivity contribution in [2.45, 2.75) is 13.0 Å². The number of hydrogen-bond donors (Lipinski definition) is 0. The molecule has 0 amide bonds. The predicted octanol–water partition coefficient (Wildman–Crippen LogP) is 4.77. The first kappa shape index (κ1) is 17.4. The maximum atomic E-state index is 5.57. The van der Waals surface area contributed by atoms with Gasteiger partial charge in [-0.1, -0.05) is 66.4 Å². The highest BCUT2D eigenvalue weighted by Crippen LogP contribution is 2.26. The van der Waals surface area contributed by atoms with E-state index >= 15 is 0 Å². The summed E-state index contributed by atoms with van der Waals surface area (Å²) in [6.45, 7) is 2.45. The molecule has 2 heteroatoms. The molecule has 0 fully saturated rings. The Morgan fingerprint density at radius 3 is 2.52 bits per heavy atom. The zero-order chi connectivity index (χ0) is 18.5. The molecule has 1 aliphatic heterocycles. The average molecular weight is 353 g/mol. The van der Waals surface area contributed by atoms with E-state index in [4.69, 9.17) is 4.74 Å². The summed E-state index contributed by atoms with van der Waals surface area (Å²) < 4.78 is 5.57. The van der Waals surface area contributed by atoms with Crippen molar-refractivity contribution in [2.24, 2.45) is 0 Å². The minimum absolute atomic E-state index is 0.744. The van der Waals surface area contributed by atoms with E-state index in [9.17, 15) is 0 Å². The van der Waals surface area contributed by atoms with Gasteiger partial charge < -0.3 is 4.74 Å². The van der Waals surface area contributed by atoms with E-state index in [0.29, 0.717) is 0 Å². The van der Waals surface area contributed by atoms with E-state index in [-0.39, 0.29) is 0 Å². The second-order valence-corrected chi connectivity index (χ2v) is 6.96. The first-order chi connectivity index (χ1) is 13.3. The summed E-state index contributed by atoms with van der Waals surface area (Å²) in [4.78, 5) is 2.24. The summed E-state index contributed by atoms with van der Waals surface area (Å²) in [5, 5.41) is 0. The molecule has 3 aromatic carbocycles. The molecule has 1 heterocycles. The van der Waals surface area contributed by atoms with Gasteiger partial charge in [0.25, 0.3) is 0 Å². The highest BCUT2D eigenvalue weighted by Gasteiger charge is 2.12. The van der Waals surface area contributed by atoms with E-state index in [1.807, 2.05) is 6.07 Å². The van der Waals surface area contributed by atoms with Crippen LogP contribution in [0.25, 0.3) is 11.1 Å². The Labute approximate surface area is 161 Å². The Balaban J connectivity index is 1.34. The number of nitrogens with zero attached hydrogens (tertiary/aromatic N) is 1. The van der Waals surface area contributed by atoms with Crippen LogP contribution in [0.4, 0.5) is 0 Å². The van der Waals surface area contributed by atoms with E-state index in [0.717, 1.165) is 37.4 Å². The molecule has 0 unspecified atom stereocenters. The third kappa shape index (κ3) is 4.39. The summed E-state index contributed by atoms with van der Waals surface area (Å²) in [6, 6.07) is 25.4. The fraction of sp³-hybridized carbons (Fsp3) is 0.200. The smallest absolute Gasteiger partial charge is 0.122 e. The molecule has 134 valence electrons. The van der Waals surface area contributed by atoms with Gasteiger partial charge in [0, 0.05) is 18.5 Å². The quantitative estimate of drug-likeness (QED) is 0.626. The van der Waals surface area contributed by atoms with Crippen molar-refractivity contribution in [3.8, 4) is 28.7 Å². The van der Waals surface area contributed by atoms with Crippen molar-refractivity contribution in [2.75, 3.05) is 20.2 Å². The van der Waals surface area contributed by atoms with Gasteiger partial charge in [-0.25, -0.2) is 0 Å². The highest BCUT2D eigenvalue weighted by atomic mass is 16.5. The average Bonchev–Trinajstić information content (AvgIpc) is 3.17. The van der Waals surface area contributed by atoms with Crippen LogP contribution in [0.15, 0.2) is 72.8 Å². The van der Waals surface area contributed by atoms with Crippen molar-refractivity contribution in [3.05, 3.63) is 89.5 Å². The monoisotopic (exact) mass is 353 g/mol. The van der Waals surface area contributed by atoms with Gasteiger partial charge >= 0.3 is 0 Å². The van der Waals surface area contributed by atoms with E-state index < -0.39 is 0 Å². The van der Waals surface area contributed by atoms with Crippen LogP contribution < -0.4 is 4.74 Å². The largest absolute Gasteiger partial charge is 0.493 e. The maximum Gasteiger partial charge on any atom is 0.122 e. The number of rotatable bonds is 4. The second kappa shape index (κ2) is 8.12. The first-order valence-electron chi connectivity index (χ1n) is 9.35. The Kier molecular flexibility index (Phi) is 5.23. The predicted molar refractivity (Wildman–Crippen MR) is 111 cm³/mol. The van der Waals surface area contributed by atoms with Gasteiger partial charge in [0.05, 0.1) is 13.2 Å². The summed E-state index contributed by atoms with van der Waals surface area (Å²) in [6.07, 6.45) is 1.02. The fourth-order valence-electron chi connectivity index (χ4n) is 3.36. The van der Waals surface area contributed by atoms with Gasteiger partial charge in [0.2, 0.25) is 0 Å². The Bertz CT molecular complexity index is 965. The lowest BCUT2D eigenvalue weighted by molar-refractivity contribution is 0.356. The molecule has 0 N–H and O–H groups in total. The van der Waals surface area contributed by atoms with Crippen molar-refractivity contribution in [1.82, 2.24) is 4.90 Å². The first-order valence-corrected chi connectivity index (χ1v) is 9.35. The number of ether oxygens (including phenoxy) is 1.